The van der Waals surface area contributed by atoms with E-state index in [0.717, 1.165) is 18.5 Å². The molecule has 0 aromatic heterocycles. The Morgan fingerprint density at radius 2 is 1.87 bits per heavy atom. The first-order valence-electron chi connectivity index (χ1n) is 7.34. The standard InChI is InChI=1S/C17H19NO3S.ClH/c1-18-12-13-9-10-21-17-11-15(7-8-16(13)17)22(19,20)14-5-3-2-4-6-14;/h2-8,11,13,18H,9-10,12H2,1H3;1H. The molecule has 3 rings (SSSR count). The molecule has 1 unspecified atom stereocenters. The fourth-order valence-corrected chi connectivity index (χ4v) is 4.10. The summed E-state index contributed by atoms with van der Waals surface area (Å²) in [6, 6.07) is 13.7. The van der Waals surface area contributed by atoms with Crippen molar-refractivity contribution in [2.75, 3.05) is 20.2 Å². The molecule has 0 bridgehead atoms. The third kappa shape index (κ3) is 3.52. The molecular formula is C17H20ClNO3S. The predicted molar refractivity (Wildman–Crippen MR) is 92.4 cm³/mol. The van der Waals surface area contributed by atoms with Gasteiger partial charge < -0.3 is 10.1 Å². The van der Waals surface area contributed by atoms with Crippen molar-refractivity contribution < 1.29 is 13.2 Å². The van der Waals surface area contributed by atoms with E-state index in [9.17, 15) is 8.42 Å². The van der Waals surface area contributed by atoms with Crippen LogP contribution in [0.3, 0.4) is 0 Å². The van der Waals surface area contributed by atoms with E-state index in [0.29, 0.717) is 23.2 Å². The third-order valence-electron chi connectivity index (χ3n) is 3.96. The van der Waals surface area contributed by atoms with Crippen LogP contribution in [0.1, 0.15) is 17.9 Å². The van der Waals surface area contributed by atoms with Gasteiger partial charge in [-0.25, -0.2) is 8.42 Å². The van der Waals surface area contributed by atoms with Gasteiger partial charge >= 0.3 is 0 Å². The van der Waals surface area contributed by atoms with E-state index in [1.165, 1.54) is 0 Å². The molecule has 1 aliphatic rings. The largest absolute Gasteiger partial charge is 0.493 e. The van der Waals surface area contributed by atoms with Gasteiger partial charge in [-0.1, -0.05) is 24.3 Å². The maximum atomic E-state index is 12.7. The fourth-order valence-electron chi connectivity index (χ4n) is 2.80. The quantitative estimate of drug-likeness (QED) is 0.918. The normalized spacial score (nSPS) is 16.8. The summed E-state index contributed by atoms with van der Waals surface area (Å²) in [6.45, 7) is 1.48. The summed E-state index contributed by atoms with van der Waals surface area (Å²) in [5, 5.41) is 3.18. The van der Waals surface area contributed by atoms with Gasteiger partial charge in [-0.15, -0.1) is 12.4 Å². The van der Waals surface area contributed by atoms with Crippen LogP contribution < -0.4 is 10.1 Å². The molecule has 1 heterocycles. The minimum absolute atomic E-state index is 0. The molecule has 2 aromatic rings. The van der Waals surface area contributed by atoms with E-state index >= 15 is 0 Å². The number of nitrogens with one attached hydrogen (secondary N) is 1. The Balaban J connectivity index is 0.00000192. The molecule has 0 saturated carbocycles. The average Bonchev–Trinajstić information content (AvgIpc) is 2.56. The van der Waals surface area contributed by atoms with Gasteiger partial charge in [0.05, 0.1) is 16.4 Å². The Labute approximate surface area is 143 Å². The SMILES string of the molecule is CNCC1CCOc2cc(S(=O)(=O)c3ccccc3)ccc21.Cl. The first kappa shape index (κ1) is 17.8. The van der Waals surface area contributed by atoms with E-state index in [-0.39, 0.29) is 17.3 Å². The second-order valence-electron chi connectivity index (χ2n) is 5.41. The van der Waals surface area contributed by atoms with Crippen LogP contribution >= 0.6 is 12.4 Å². The Morgan fingerprint density at radius 1 is 1.13 bits per heavy atom. The van der Waals surface area contributed by atoms with Crippen molar-refractivity contribution in [3.63, 3.8) is 0 Å². The minimum Gasteiger partial charge on any atom is -0.493 e. The van der Waals surface area contributed by atoms with Crippen LogP contribution in [-0.4, -0.2) is 28.6 Å². The van der Waals surface area contributed by atoms with Gasteiger partial charge in [0.25, 0.3) is 0 Å². The highest BCUT2D eigenvalue weighted by Gasteiger charge is 2.24. The molecule has 0 radical (unpaired) electrons. The molecule has 0 spiro atoms. The van der Waals surface area contributed by atoms with Crippen LogP contribution in [0.25, 0.3) is 0 Å². The topological polar surface area (TPSA) is 55.4 Å². The molecule has 2 aromatic carbocycles. The number of fused-ring (bicyclic) bond motifs is 1. The molecule has 0 saturated heterocycles. The van der Waals surface area contributed by atoms with Crippen molar-refractivity contribution in [3.8, 4) is 5.75 Å². The summed E-state index contributed by atoms with van der Waals surface area (Å²) in [5.41, 5.74) is 1.08. The van der Waals surface area contributed by atoms with Crippen LogP contribution in [-0.2, 0) is 9.84 Å². The molecule has 124 valence electrons. The Bertz CT molecular complexity index is 763. The molecule has 0 fully saturated rings. The smallest absolute Gasteiger partial charge is 0.206 e. The van der Waals surface area contributed by atoms with Gasteiger partial charge in [-0.3, -0.25) is 0 Å². The average molecular weight is 354 g/mol. The molecule has 1 atom stereocenters. The highest BCUT2D eigenvalue weighted by Crippen LogP contribution is 2.36. The van der Waals surface area contributed by atoms with Crippen LogP contribution in [0.2, 0.25) is 0 Å². The Kier molecular flexibility index (Phi) is 5.68. The van der Waals surface area contributed by atoms with Crippen molar-refractivity contribution in [1.82, 2.24) is 5.32 Å². The molecule has 1 aliphatic heterocycles. The molecule has 0 aliphatic carbocycles. The number of halogens is 1. The monoisotopic (exact) mass is 353 g/mol. The van der Waals surface area contributed by atoms with Crippen molar-refractivity contribution in [3.05, 3.63) is 54.1 Å². The Morgan fingerprint density at radius 3 is 2.57 bits per heavy atom. The number of benzene rings is 2. The maximum Gasteiger partial charge on any atom is 0.206 e. The number of likely N-dealkylation sites (N-methyl/N-ethyl adjacent to an activating group) is 1. The fraction of sp³-hybridized carbons (Fsp3) is 0.294. The number of hydrogen-bond acceptors (Lipinski definition) is 4. The summed E-state index contributed by atoms with van der Waals surface area (Å²) in [4.78, 5) is 0.583. The van der Waals surface area contributed by atoms with Gasteiger partial charge in [-0.2, -0.15) is 0 Å². The zero-order valence-corrected chi connectivity index (χ0v) is 14.5. The summed E-state index contributed by atoms with van der Waals surface area (Å²) >= 11 is 0. The van der Waals surface area contributed by atoms with Gasteiger partial charge in [-0.05, 0) is 43.3 Å². The first-order chi connectivity index (χ1) is 10.6. The zero-order chi connectivity index (χ0) is 15.6. The van der Waals surface area contributed by atoms with E-state index < -0.39 is 9.84 Å². The van der Waals surface area contributed by atoms with Gasteiger partial charge in [0.2, 0.25) is 9.84 Å². The number of hydrogen-bond donors (Lipinski definition) is 1. The van der Waals surface area contributed by atoms with Crippen LogP contribution in [0, 0.1) is 0 Å². The summed E-state index contributed by atoms with van der Waals surface area (Å²) < 4.78 is 31.0. The van der Waals surface area contributed by atoms with E-state index in [2.05, 4.69) is 5.32 Å². The number of rotatable bonds is 4. The lowest BCUT2D eigenvalue weighted by Crippen LogP contribution is -2.23. The van der Waals surface area contributed by atoms with Crippen LogP contribution in [0.5, 0.6) is 5.75 Å². The Hall–Kier alpha value is -1.56. The lowest BCUT2D eigenvalue weighted by Gasteiger charge is -2.26. The first-order valence-corrected chi connectivity index (χ1v) is 8.82. The number of sulfone groups is 1. The van der Waals surface area contributed by atoms with Crippen molar-refractivity contribution >= 4 is 22.2 Å². The lowest BCUT2D eigenvalue weighted by molar-refractivity contribution is 0.265. The van der Waals surface area contributed by atoms with Crippen LogP contribution in [0.4, 0.5) is 0 Å². The zero-order valence-electron chi connectivity index (χ0n) is 12.9. The van der Waals surface area contributed by atoms with Crippen molar-refractivity contribution in [1.29, 1.82) is 0 Å². The van der Waals surface area contributed by atoms with Crippen molar-refractivity contribution in [2.24, 2.45) is 0 Å². The summed E-state index contributed by atoms with van der Waals surface area (Å²) in [5.74, 6) is 1.05. The second-order valence-corrected chi connectivity index (χ2v) is 7.36. The highest BCUT2D eigenvalue weighted by molar-refractivity contribution is 7.91. The number of ether oxygens (including phenoxy) is 1. The molecule has 4 nitrogen and oxygen atoms in total. The summed E-state index contributed by atoms with van der Waals surface area (Å²) in [7, 11) is -1.58. The van der Waals surface area contributed by atoms with E-state index in [1.807, 2.05) is 13.1 Å². The van der Waals surface area contributed by atoms with Crippen LogP contribution in [0.15, 0.2) is 58.3 Å². The maximum absolute atomic E-state index is 12.7. The van der Waals surface area contributed by atoms with Gasteiger partial charge in [0, 0.05) is 12.5 Å². The van der Waals surface area contributed by atoms with Crippen molar-refractivity contribution in [2.45, 2.75) is 22.1 Å². The highest BCUT2D eigenvalue weighted by atomic mass is 35.5. The van der Waals surface area contributed by atoms with Gasteiger partial charge in [0.15, 0.2) is 0 Å². The van der Waals surface area contributed by atoms with E-state index in [4.69, 9.17) is 4.74 Å². The van der Waals surface area contributed by atoms with E-state index in [1.54, 1.807) is 42.5 Å². The predicted octanol–water partition coefficient (Wildman–Crippen LogP) is 3.03. The molecule has 6 heteroatoms. The lowest BCUT2D eigenvalue weighted by atomic mass is 9.93. The minimum atomic E-state index is -3.50. The molecule has 1 N–H and O–H groups in total. The molecular weight excluding hydrogens is 334 g/mol. The van der Waals surface area contributed by atoms with Gasteiger partial charge in [0.1, 0.15) is 5.75 Å². The molecule has 0 amide bonds. The molecule has 23 heavy (non-hydrogen) atoms. The summed E-state index contributed by atoms with van der Waals surface area (Å²) in [6.07, 6.45) is 0.943. The third-order valence-corrected chi connectivity index (χ3v) is 5.73. The second kappa shape index (κ2) is 7.34.